The van der Waals surface area contributed by atoms with Crippen LogP contribution in [0, 0.1) is 0 Å². The van der Waals surface area contributed by atoms with Crippen molar-refractivity contribution in [3.8, 4) is 0 Å². The number of aliphatic hydroxyl groups is 4. The molecule has 2 saturated heterocycles. The Morgan fingerprint density at radius 2 is 1.17 bits per heavy atom. The molecule has 2 aromatic heterocycles. The lowest BCUT2D eigenvalue weighted by molar-refractivity contribution is -0.208. The van der Waals surface area contributed by atoms with Crippen molar-refractivity contribution in [3.05, 3.63) is 75.2 Å². The maximum absolute atomic E-state index is 12.3. The summed E-state index contributed by atoms with van der Waals surface area (Å²) in [5.74, 6) is -2.21. The van der Waals surface area contributed by atoms with Crippen molar-refractivity contribution in [2.75, 3.05) is 0 Å². The summed E-state index contributed by atoms with van der Waals surface area (Å²) in [6.07, 6.45) is -8.54. The monoisotopic (exact) mass is 778 g/mol. The maximum Gasteiger partial charge on any atom is 0.330 e. The van der Waals surface area contributed by atoms with Gasteiger partial charge in [0.25, 0.3) is 11.1 Å². The maximum atomic E-state index is 12.3. The summed E-state index contributed by atoms with van der Waals surface area (Å²) in [5, 5.41) is 41.4. The van der Waals surface area contributed by atoms with Gasteiger partial charge in [-0.15, -0.1) is 0 Å². The van der Waals surface area contributed by atoms with Gasteiger partial charge in [-0.3, -0.25) is 38.3 Å². The Morgan fingerprint density at radius 1 is 0.804 bits per heavy atom. The summed E-state index contributed by atoms with van der Waals surface area (Å²) in [7, 11) is 0. The number of rotatable bonds is 11. The number of carbonyl (C=O) groups is 2. The van der Waals surface area contributed by atoms with Crippen molar-refractivity contribution in [2.24, 2.45) is 0 Å². The Hall–Kier alpha value is -3.50. The average molecular weight is 780 g/mol. The predicted molar refractivity (Wildman–Crippen MR) is 161 cm³/mol. The van der Waals surface area contributed by atoms with Crippen LogP contribution in [-0.2, 0) is 28.5 Å². The number of halogens is 2. The first-order valence-electron chi connectivity index (χ1n) is 13.5. The molecule has 2 aliphatic rings. The number of carbonyl (C=O) groups excluding carboxylic acids is 2. The second kappa shape index (κ2) is 15.4. The third-order valence-corrected chi connectivity index (χ3v) is 7.50. The highest BCUT2D eigenvalue weighted by molar-refractivity contribution is 9.11. The van der Waals surface area contributed by atoms with Crippen LogP contribution in [0.2, 0.25) is 0 Å². The minimum absolute atomic E-state index is 0.0946. The fourth-order valence-corrected chi connectivity index (χ4v) is 5.31. The van der Waals surface area contributed by atoms with Gasteiger partial charge >= 0.3 is 23.3 Å². The molecule has 6 N–H and O–H groups in total. The molecule has 0 bridgehead atoms. The molecule has 18 nitrogen and oxygen atoms in total. The number of esters is 2. The third kappa shape index (κ3) is 8.25. The van der Waals surface area contributed by atoms with E-state index in [1.54, 1.807) is 0 Å². The van der Waals surface area contributed by atoms with Gasteiger partial charge in [-0.05, 0) is 22.1 Å². The Morgan fingerprint density at radius 3 is 1.52 bits per heavy atom. The van der Waals surface area contributed by atoms with Crippen molar-refractivity contribution in [1.82, 2.24) is 19.1 Å². The van der Waals surface area contributed by atoms with Crippen LogP contribution in [0.3, 0.4) is 0 Å². The van der Waals surface area contributed by atoms with Gasteiger partial charge in [-0.2, -0.15) is 0 Å². The number of aliphatic hydroxyl groups excluding tert-OH is 4. The average Bonchev–Trinajstić information content (AvgIpc) is 3.57. The quantitative estimate of drug-likeness (QED) is 0.114. The summed E-state index contributed by atoms with van der Waals surface area (Å²) < 4.78 is 22.7. The topological polar surface area (TPSA) is 262 Å². The zero-order valence-corrected chi connectivity index (χ0v) is 26.6. The van der Waals surface area contributed by atoms with Crippen LogP contribution in [0.4, 0.5) is 0 Å². The van der Waals surface area contributed by atoms with Gasteiger partial charge in [0.1, 0.15) is 24.7 Å². The number of aromatic amines is 2. The molecular formula is C26H28Br2N4O14. The van der Waals surface area contributed by atoms with Crippen molar-refractivity contribution in [3.63, 3.8) is 0 Å². The lowest BCUT2D eigenvalue weighted by Crippen LogP contribution is -2.39. The molecule has 0 aliphatic carbocycles. The zero-order valence-electron chi connectivity index (χ0n) is 23.4. The molecule has 0 spiro atoms. The van der Waals surface area contributed by atoms with Crippen molar-refractivity contribution >= 4 is 56.0 Å². The smallest absolute Gasteiger partial charge is 0.330 e. The van der Waals surface area contributed by atoms with E-state index in [-0.39, 0.29) is 24.0 Å². The van der Waals surface area contributed by atoms with E-state index in [2.05, 4.69) is 41.8 Å². The second-order valence-corrected chi connectivity index (χ2v) is 11.1. The van der Waals surface area contributed by atoms with Crippen molar-refractivity contribution < 1.29 is 49.0 Å². The first-order valence-corrected chi connectivity index (χ1v) is 15.3. The largest absolute Gasteiger partial charge is 0.433 e. The van der Waals surface area contributed by atoms with Crippen LogP contribution in [0.1, 0.15) is 49.3 Å². The van der Waals surface area contributed by atoms with Gasteiger partial charge in [0, 0.05) is 25.2 Å². The van der Waals surface area contributed by atoms with E-state index in [4.69, 9.17) is 18.9 Å². The minimum atomic E-state index is -2.00. The Bertz CT molecular complexity index is 1610. The van der Waals surface area contributed by atoms with Crippen molar-refractivity contribution in [1.29, 1.82) is 0 Å². The Kier molecular flexibility index (Phi) is 11.8. The molecule has 2 fully saturated rings. The molecule has 2 unspecified atom stereocenters. The van der Waals surface area contributed by atoms with E-state index < -0.39 is 96.7 Å². The Balaban J connectivity index is 1.27. The number of hydrogen-bond acceptors (Lipinski definition) is 14. The molecule has 8 atom stereocenters. The van der Waals surface area contributed by atoms with Gasteiger partial charge in [0.05, 0.1) is 36.2 Å². The molecule has 250 valence electrons. The zero-order chi connectivity index (χ0) is 33.7. The first-order chi connectivity index (χ1) is 21.8. The number of hydrogen-bond donors (Lipinski definition) is 6. The van der Waals surface area contributed by atoms with Gasteiger partial charge in [-0.25, -0.2) is 9.59 Å². The van der Waals surface area contributed by atoms with Crippen LogP contribution < -0.4 is 22.5 Å². The number of ether oxygens (including phenoxy) is 4. The summed E-state index contributed by atoms with van der Waals surface area (Å²) >= 11 is 6.05. The minimum Gasteiger partial charge on any atom is -0.433 e. The highest BCUT2D eigenvalue weighted by Gasteiger charge is 2.43. The summed E-state index contributed by atoms with van der Waals surface area (Å²) in [6.45, 7) is 0. The molecule has 4 rings (SSSR count). The molecule has 0 saturated carbocycles. The molecular weight excluding hydrogens is 752 g/mol. The lowest BCUT2D eigenvalue weighted by atomic mass is 10.1. The first kappa shape index (κ1) is 35.4. The van der Waals surface area contributed by atoms with Gasteiger partial charge in [-0.1, -0.05) is 31.9 Å². The summed E-state index contributed by atoms with van der Waals surface area (Å²) in [4.78, 5) is 79.9. The number of nitrogens with one attached hydrogen (secondary N) is 2. The van der Waals surface area contributed by atoms with Gasteiger partial charge in [0.15, 0.2) is 0 Å². The molecule has 0 aromatic carbocycles. The molecule has 0 amide bonds. The standard InChI is InChI=1S/C26H28Br2N4O14/c27-5-3-11-9-31(25(41)29-21(11)37)15-7-13(33)19(43-15)23(39)45-17(35)1-2-18(36)46-24(40)20-14(34)8-16(44-20)32-10-12(4-6-28)22(38)30-26(32)42/h3-6,9-10,13-16,19-20,23-24,33-34,39-40H,1-2,7-8H2,(H,29,37,41)(H,30,38,42)/t13-,14-,15+,16+,19-,20-,23?,24?/m0/s1. The molecule has 0 radical (unpaired) electrons. The lowest BCUT2D eigenvalue weighted by Gasteiger charge is -2.22. The molecule has 46 heavy (non-hydrogen) atoms. The SMILES string of the molecule is O=C(CCC(=O)OC(O)[C@H]1O[C@@H](n2cc(C=CBr)c(=O)[nH]c2=O)C[C@@H]1O)OC(O)[C@H]1O[C@@H](n2cc(C=CBr)c(=O)[nH]c2=O)C[C@@H]1O. The van der Waals surface area contributed by atoms with E-state index in [1.807, 2.05) is 0 Å². The molecule has 2 aromatic rings. The highest BCUT2D eigenvalue weighted by Crippen LogP contribution is 2.31. The predicted octanol–water partition coefficient (Wildman–Crippen LogP) is -1.38. The second-order valence-electron chi connectivity index (χ2n) is 10.1. The number of nitrogens with zero attached hydrogens (tertiary/aromatic N) is 2. The van der Waals surface area contributed by atoms with Crippen LogP contribution in [0.5, 0.6) is 0 Å². The van der Waals surface area contributed by atoms with E-state index in [0.29, 0.717) is 0 Å². The van der Waals surface area contributed by atoms with Gasteiger partial charge in [0.2, 0.25) is 12.6 Å². The van der Waals surface area contributed by atoms with E-state index in [0.717, 1.165) is 9.13 Å². The molecule has 2 aliphatic heterocycles. The van der Waals surface area contributed by atoms with Crippen LogP contribution >= 0.6 is 31.9 Å². The van der Waals surface area contributed by atoms with Crippen LogP contribution in [0.25, 0.3) is 12.2 Å². The van der Waals surface area contributed by atoms with E-state index in [1.165, 1.54) is 34.5 Å². The number of aromatic nitrogens is 4. The third-order valence-electron chi connectivity index (χ3n) is 6.97. The Labute approximate surface area is 273 Å². The molecule has 4 heterocycles. The van der Waals surface area contributed by atoms with E-state index >= 15 is 0 Å². The highest BCUT2D eigenvalue weighted by atomic mass is 79.9. The fraction of sp³-hybridized carbons (Fsp3) is 0.462. The summed E-state index contributed by atoms with van der Waals surface area (Å²) in [6, 6.07) is 0. The van der Waals surface area contributed by atoms with Crippen LogP contribution in [-0.4, -0.2) is 88.5 Å². The normalized spacial score (nSPS) is 26.0. The fourth-order valence-electron chi connectivity index (χ4n) is 4.74. The van der Waals surface area contributed by atoms with Gasteiger partial charge < -0.3 is 39.4 Å². The molecule has 20 heteroatoms. The number of H-pyrrole nitrogens is 2. The summed E-state index contributed by atoms with van der Waals surface area (Å²) in [5.41, 5.74) is -2.81. The van der Waals surface area contributed by atoms with Crippen LogP contribution in [0.15, 0.2) is 41.5 Å². The van der Waals surface area contributed by atoms with Crippen molar-refractivity contribution in [2.45, 2.75) is 75.1 Å². The van der Waals surface area contributed by atoms with E-state index in [9.17, 15) is 49.2 Å².